The Balaban J connectivity index is 2.55. The van der Waals surface area contributed by atoms with Crippen LogP contribution in [0.1, 0.15) is 23.1 Å². The van der Waals surface area contributed by atoms with Crippen LogP contribution in [0, 0.1) is 5.82 Å². The van der Waals surface area contributed by atoms with Crippen LogP contribution >= 0.6 is 0 Å². The number of halogens is 1. The molecule has 0 atom stereocenters. The van der Waals surface area contributed by atoms with E-state index in [1.165, 1.54) is 16.8 Å². The highest BCUT2D eigenvalue weighted by Gasteiger charge is 2.11. The van der Waals surface area contributed by atoms with Crippen molar-refractivity contribution < 1.29 is 9.18 Å². The van der Waals surface area contributed by atoms with E-state index in [-0.39, 0.29) is 5.82 Å². The van der Waals surface area contributed by atoms with Gasteiger partial charge in [-0.1, -0.05) is 18.2 Å². The Labute approximate surface area is 91.7 Å². The highest BCUT2D eigenvalue weighted by Crippen LogP contribution is 2.13. The minimum atomic E-state index is -0.345. The molecular formula is C11H10FN3O. The summed E-state index contributed by atoms with van der Waals surface area (Å²) in [6.45, 7) is 1.89. The zero-order valence-corrected chi connectivity index (χ0v) is 8.72. The van der Waals surface area contributed by atoms with E-state index in [2.05, 4.69) is 10.3 Å². The summed E-state index contributed by atoms with van der Waals surface area (Å²) in [5.74, 6) is -0.345. The van der Waals surface area contributed by atoms with Gasteiger partial charge in [0, 0.05) is 0 Å². The number of carbonyl (C=O) groups excluding carboxylic acids is 1. The molecule has 1 heterocycles. The summed E-state index contributed by atoms with van der Waals surface area (Å²) in [7, 11) is 0. The maximum atomic E-state index is 13.0. The van der Waals surface area contributed by atoms with Crippen molar-refractivity contribution in [2.75, 3.05) is 0 Å². The number of hydrogen-bond acceptors (Lipinski definition) is 3. The van der Waals surface area contributed by atoms with Crippen LogP contribution in [0.15, 0.2) is 24.3 Å². The van der Waals surface area contributed by atoms with Gasteiger partial charge in [0.15, 0.2) is 6.29 Å². The maximum absolute atomic E-state index is 13.0. The van der Waals surface area contributed by atoms with Crippen molar-refractivity contribution >= 4 is 6.29 Å². The van der Waals surface area contributed by atoms with Gasteiger partial charge in [-0.2, -0.15) is 0 Å². The molecule has 2 aromatic rings. The van der Waals surface area contributed by atoms with Crippen molar-refractivity contribution in [1.82, 2.24) is 15.0 Å². The highest BCUT2D eigenvalue weighted by atomic mass is 19.1. The molecule has 16 heavy (non-hydrogen) atoms. The Morgan fingerprint density at radius 3 is 2.94 bits per heavy atom. The Bertz CT molecular complexity index is 522. The molecule has 0 aliphatic heterocycles. The van der Waals surface area contributed by atoms with Gasteiger partial charge in [0.25, 0.3) is 0 Å². The lowest BCUT2D eigenvalue weighted by atomic mass is 10.2. The number of aldehydes is 1. The molecule has 0 spiro atoms. The summed E-state index contributed by atoms with van der Waals surface area (Å²) in [4.78, 5) is 10.7. The third-order valence-corrected chi connectivity index (χ3v) is 2.29. The van der Waals surface area contributed by atoms with Gasteiger partial charge in [-0.05, 0) is 24.6 Å². The van der Waals surface area contributed by atoms with Crippen molar-refractivity contribution in [3.63, 3.8) is 0 Å². The lowest BCUT2D eigenvalue weighted by molar-refractivity contribution is 0.111. The van der Waals surface area contributed by atoms with Crippen LogP contribution in [0.25, 0.3) is 5.69 Å². The molecule has 0 radical (unpaired) electrons. The normalized spacial score (nSPS) is 10.4. The second-order valence-corrected chi connectivity index (χ2v) is 3.28. The smallest absolute Gasteiger partial charge is 0.172 e. The average molecular weight is 219 g/mol. The minimum Gasteiger partial charge on any atom is -0.296 e. The van der Waals surface area contributed by atoms with Crippen LogP contribution in [0.5, 0.6) is 0 Å². The molecule has 0 amide bonds. The first kappa shape index (κ1) is 10.5. The van der Waals surface area contributed by atoms with Gasteiger partial charge in [-0.15, -0.1) is 5.10 Å². The van der Waals surface area contributed by atoms with Crippen molar-refractivity contribution in [1.29, 1.82) is 0 Å². The molecule has 4 nitrogen and oxygen atoms in total. The van der Waals surface area contributed by atoms with Gasteiger partial charge in [-0.25, -0.2) is 9.07 Å². The molecule has 0 fully saturated rings. The third-order valence-electron chi connectivity index (χ3n) is 2.29. The lowest BCUT2D eigenvalue weighted by Crippen LogP contribution is -2.02. The summed E-state index contributed by atoms with van der Waals surface area (Å²) in [5.41, 5.74) is 1.55. The van der Waals surface area contributed by atoms with E-state index in [1.54, 1.807) is 12.1 Å². The Kier molecular flexibility index (Phi) is 2.76. The maximum Gasteiger partial charge on any atom is 0.172 e. The molecule has 2 rings (SSSR count). The van der Waals surface area contributed by atoms with Gasteiger partial charge in [0.05, 0.1) is 11.4 Å². The van der Waals surface area contributed by atoms with Gasteiger partial charge in [0.2, 0.25) is 0 Å². The van der Waals surface area contributed by atoms with E-state index in [4.69, 9.17) is 0 Å². The lowest BCUT2D eigenvalue weighted by Gasteiger charge is -2.04. The summed E-state index contributed by atoms with van der Waals surface area (Å²) in [5, 5.41) is 7.57. The van der Waals surface area contributed by atoms with Crippen molar-refractivity contribution in [3.05, 3.63) is 41.5 Å². The van der Waals surface area contributed by atoms with E-state index >= 15 is 0 Å². The fourth-order valence-corrected chi connectivity index (χ4v) is 1.55. The first-order valence-corrected chi connectivity index (χ1v) is 4.92. The second kappa shape index (κ2) is 4.22. The van der Waals surface area contributed by atoms with Crippen LogP contribution in [-0.4, -0.2) is 21.3 Å². The monoisotopic (exact) mass is 219 g/mol. The topological polar surface area (TPSA) is 47.8 Å². The molecule has 1 aromatic heterocycles. The highest BCUT2D eigenvalue weighted by molar-refractivity contribution is 5.73. The minimum absolute atomic E-state index is 0.298. The Hall–Kier alpha value is -2.04. The number of benzene rings is 1. The van der Waals surface area contributed by atoms with Crippen LogP contribution in [-0.2, 0) is 6.42 Å². The first-order valence-electron chi connectivity index (χ1n) is 4.92. The van der Waals surface area contributed by atoms with E-state index in [0.717, 1.165) is 0 Å². The van der Waals surface area contributed by atoms with E-state index in [9.17, 15) is 9.18 Å². The van der Waals surface area contributed by atoms with Crippen LogP contribution in [0.4, 0.5) is 4.39 Å². The molecule has 0 aliphatic rings. The fourth-order valence-electron chi connectivity index (χ4n) is 1.55. The van der Waals surface area contributed by atoms with Crippen LogP contribution < -0.4 is 0 Å². The number of carbonyl (C=O) groups is 1. The van der Waals surface area contributed by atoms with Gasteiger partial charge >= 0.3 is 0 Å². The summed E-state index contributed by atoms with van der Waals surface area (Å²) < 4.78 is 14.5. The molecule has 0 aliphatic carbocycles. The fraction of sp³-hybridized carbons (Fsp3) is 0.182. The summed E-state index contributed by atoms with van der Waals surface area (Å²) in [6, 6.07) is 6.01. The molecule has 0 bridgehead atoms. The van der Waals surface area contributed by atoms with Gasteiger partial charge in [0.1, 0.15) is 11.5 Å². The molecule has 0 saturated heterocycles. The van der Waals surface area contributed by atoms with Gasteiger partial charge < -0.3 is 0 Å². The zero-order chi connectivity index (χ0) is 11.5. The van der Waals surface area contributed by atoms with Gasteiger partial charge in [-0.3, -0.25) is 4.79 Å². The molecule has 0 N–H and O–H groups in total. The summed E-state index contributed by atoms with van der Waals surface area (Å²) >= 11 is 0. The molecule has 5 heteroatoms. The third kappa shape index (κ3) is 1.71. The van der Waals surface area contributed by atoms with Crippen molar-refractivity contribution in [2.24, 2.45) is 0 Å². The number of rotatable bonds is 3. The standard InChI is InChI=1S/C11H10FN3O/c1-2-11-10(7-16)13-14-15(11)9-5-3-4-8(12)6-9/h3-7H,2H2,1H3. The molecule has 0 unspecified atom stereocenters. The van der Waals surface area contributed by atoms with E-state index in [0.29, 0.717) is 29.8 Å². The molecular weight excluding hydrogens is 209 g/mol. The van der Waals surface area contributed by atoms with Crippen molar-refractivity contribution in [3.8, 4) is 5.69 Å². The molecule has 1 aromatic carbocycles. The number of hydrogen-bond donors (Lipinski definition) is 0. The number of aromatic nitrogens is 3. The zero-order valence-electron chi connectivity index (χ0n) is 8.72. The second-order valence-electron chi connectivity index (χ2n) is 3.28. The van der Waals surface area contributed by atoms with E-state index in [1.807, 2.05) is 6.92 Å². The van der Waals surface area contributed by atoms with Crippen LogP contribution in [0.3, 0.4) is 0 Å². The Morgan fingerprint density at radius 1 is 1.50 bits per heavy atom. The predicted molar refractivity (Wildman–Crippen MR) is 56.1 cm³/mol. The molecule has 82 valence electrons. The average Bonchev–Trinajstić information content (AvgIpc) is 2.71. The first-order chi connectivity index (χ1) is 7.76. The van der Waals surface area contributed by atoms with Crippen LogP contribution in [0.2, 0.25) is 0 Å². The molecule has 0 saturated carbocycles. The quantitative estimate of drug-likeness (QED) is 0.739. The largest absolute Gasteiger partial charge is 0.296 e. The van der Waals surface area contributed by atoms with E-state index < -0.39 is 0 Å². The van der Waals surface area contributed by atoms with Crippen molar-refractivity contribution in [2.45, 2.75) is 13.3 Å². The SMILES string of the molecule is CCc1c(C=O)nnn1-c1cccc(F)c1. The Morgan fingerprint density at radius 2 is 2.31 bits per heavy atom. The summed E-state index contributed by atoms with van der Waals surface area (Å²) in [6.07, 6.45) is 1.26. The predicted octanol–water partition coefficient (Wildman–Crippen LogP) is 1.78. The number of nitrogens with zero attached hydrogens (tertiary/aromatic N) is 3.